The first-order valence-corrected chi connectivity index (χ1v) is 11.9. The largest absolute Gasteiger partial charge is 0.383 e. The number of benzene rings is 2. The number of anilines is 2. The second-order valence-corrected chi connectivity index (χ2v) is 11.0. The van der Waals surface area contributed by atoms with Crippen LogP contribution in [0.3, 0.4) is 0 Å². The Morgan fingerprint density at radius 3 is 2.19 bits per heavy atom. The number of nitrogens with zero attached hydrogens (tertiary/aromatic N) is 1. The van der Waals surface area contributed by atoms with Crippen molar-refractivity contribution in [2.75, 3.05) is 18.1 Å². The Bertz CT molecular complexity index is 1210. The normalized spacial score (nSPS) is 15.9. The predicted octanol–water partition coefficient (Wildman–Crippen LogP) is 6.85. The molecule has 3 N–H and O–H groups in total. The summed E-state index contributed by atoms with van der Waals surface area (Å²) in [5.41, 5.74) is 14.9. The van der Waals surface area contributed by atoms with Crippen LogP contribution in [0.25, 0.3) is 5.57 Å². The number of rotatable bonds is 5. The van der Waals surface area contributed by atoms with Gasteiger partial charge in [0.2, 0.25) is 0 Å². The lowest BCUT2D eigenvalue weighted by Gasteiger charge is -2.37. The Balaban J connectivity index is 1.63. The molecule has 3 nitrogen and oxygen atoms in total. The van der Waals surface area contributed by atoms with Crippen LogP contribution >= 0.6 is 11.3 Å². The topological polar surface area (TPSA) is 50.9 Å². The summed E-state index contributed by atoms with van der Waals surface area (Å²) >= 11 is 1.61. The monoisotopic (exact) mass is 443 g/mol. The Morgan fingerprint density at radius 1 is 1.03 bits per heavy atom. The minimum Gasteiger partial charge on any atom is -0.383 e. The summed E-state index contributed by atoms with van der Waals surface area (Å²) in [5, 5.41) is 3.92. The van der Waals surface area contributed by atoms with E-state index in [2.05, 4.69) is 100 Å². The molecule has 166 valence electrons. The van der Waals surface area contributed by atoms with Crippen molar-refractivity contribution in [3.05, 3.63) is 93.4 Å². The quantitative estimate of drug-likeness (QED) is 0.424. The van der Waals surface area contributed by atoms with Crippen LogP contribution < -0.4 is 11.1 Å². The number of nitrogen functional groups attached to an aromatic ring is 1. The highest BCUT2D eigenvalue weighted by molar-refractivity contribution is 7.16. The van der Waals surface area contributed by atoms with Crippen LogP contribution in [-0.2, 0) is 17.3 Å². The van der Waals surface area contributed by atoms with Gasteiger partial charge in [0.15, 0.2) is 5.13 Å². The average Bonchev–Trinajstić information content (AvgIpc) is 3.11. The molecule has 4 rings (SSSR count). The smallest absolute Gasteiger partial charge is 0.184 e. The number of aromatic nitrogens is 1. The molecular weight excluding hydrogens is 410 g/mol. The van der Waals surface area contributed by atoms with Gasteiger partial charge in [0.05, 0.1) is 4.88 Å². The summed E-state index contributed by atoms with van der Waals surface area (Å²) in [4.78, 5) is 5.43. The molecule has 0 atom stereocenters. The van der Waals surface area contributed by atoms with E-state index in [1.54, 1.807) is 11.3 Å². The number of aryl methyl sites for hydroxylation is 1. The van der Waals surface area contributed by atoms with Crippen LogP contribution in [0, 0.1) is 6.92 Å². The predicted molar refractivity (Wildman–Crippen MR) is 140 cm³/mol. The van der Waals surface area contributed by atoms with Crippen LogP contribution in [0.4, 0.5) is 10.9 Å². The van der Waals surface area contributed by atoms with E-state index in [4.69, 9.17) is 5.73 Å². The first kappa shape index (κ1) is 22.3. The zero-order valence-electron chi connectivity index (χ0n) is 20.0. The molecule has 2 aromatic carbocycles. The van der Waals surface area contributed by atoms with Crippen molar-refractivity contribution in [1.29, 1.82) is 0 Å². The molecule has 0 unspecified atom stereocenters. The van der Waals surface area contributed by atoms with Crippen LogP contribution in [0.2, 0.25) is 0 Å². The van der Waals surface area contributed by atoms with Gasteiger partial charge >= 0.3 is 0 Å². The van der Waals surface area contributed by atoms with Gasteiger partial charge < -0.3 is 11.1 Å². The van der Waals surface area contributed by atoms with Crippen molar-refractivity contribution in [3.63, 3.8) is 0 Å². The minimum absolute atomic E-state index is 0.0122. The molecule has 0 fully saturated rings. The first-order valence-electron chi connectivity index (χ1n) is 11.1. The molecule has 0 bridgehead atoms. The average molecular weight is 444 g/mol. The van der Waals surface area contributed by atoms with Crippen LogP contribution in [0.1, 0.15) is 66.0 Å². The van der Waals surface area contributed by atoms with E-state index in [1.165, 1.54) is 27.8 Å². The molecule has 0 spiro atoms. The molecule has 0 saturated carbocycles. The zero-order chi connectivity index (χ0) is 23.3. The van der Waals surface area contributed by atoms with Gasteiger partial charge in [0.1, 0.15) is 5.82 Å². The van der Waals surface area contributed by atoms with Crippen molar-refractivity contribution in [3.8, 4) is 0 Å². The molecule has 1 aliphatic rings. The van der Waals surface area contributed by atoms with E-state index < -0.39 is 0 Å². The Labute approximate surface area is 196 Å². The first-order chi connectivity index (χ1) is 15.0. The number of allylic oxidation sites excluding steroid dienone is 2. The molecule has 0 aliphatic heterocycles. The fourth-order valence-electron chi connectivity index (χ4n) is 4.46. The molecule has 0 radical (unpaired) electrons. The van der Waals surface area contributed by atoms with Gasteiger partial charge in [-0.1, -0.05) is 88.1 Å². The molecule has 32 heavy (non-hydrogen) atoms. The summed E-state index contributed by atoms with van der Waals surface area (Å²) in [5.74, 6) is 0.608. The van der Waals surface area contributed by atoms with Gasteiger partial charge in [-0.25, -0.2) is 4.98 Å². The second-order valence-electron chi connectivity index (χ2n) is 9.92. The van der Waals surface area contributed by atoms with Gasteiger partial charge in [0, 0.05) is 24.3 Å². The lowest BCUT2D eigenvalue weighted by atomic mass is 9.67. The van der Waals surface area contributed by atoms with E-state index in [0.717, 1.165) is 27.6 Å². The Hall–Kier alpha value is -2.85. The third-order valence-electron chi connectivity index (χ3n) is 6.60. The number of thiazole rings is 1. The van der Waals surface area contributed by atoms with Gasteiger partial charge in [-0.3, -0.25) is 0 Å². The third-order valence-corrected chi connectivity index (χ3v) is 7.69. The molecular formula is C28H33N3S. The molecule has 1 aromatic heterocycles. The van der Waals surface area contributed by atoms with Crippen LogP contribution in [-0.4, -0.2) is 12.0 Å². The van der Waals surface area contributed by atoms with Gasteiger partial charge in [-0.05, 0) is 51.9 Å². The third kappa shape index (κ3) is 4.00. The highest BCUT2D eigenvalue weighted by Crippen LogP contribution is 2.43. The second kappa shape index (κ2) is 7.93. The van der Waals surface area contributed by atoms with Gasteiger partial charge in [0.25, 0.3) is 0 Å². The highest BCUT2D eigenvalue weighted by atomic mass is 32.1. The number of nitrogens with two attached hydrogens (primary N) is 1. The minimum atomic E-state index is 0.0122. The molecule has 4 heteroatoms. The lowest BCUT2D eigenvalue weighted by molar-refractivity contribution is 0.562. The fourth-order valence-corrected chi connectivity index (χ4v) is 5.33. The molecule has 3 aromatic rings. The Kier molecular flexibility index (Phi) is 5.54. The summed E-state index contributed by atoms with van der Waals surface area (Å²) in [6, 6.07) is 13.4. The van der Waals surface area contributed by atoms with E-state index in [1.807, 2.05) is 7.05 Å². The fraction of sp³-hybridized carbons (Fsp3) is 0.321. The van der Waals surface area contributed by atoms with Crippen molar-refractivity contribution in [2.45, 2.75) is 51.9 Å². The highest BCUT2D eigenvalue weighted by Gasteiger charge is 2.33. The van der Waals surface area contributed by atoms with E-state index in [0.29, 0.717) is 5.82 Å². The van der Waals surface area contributed by atoms with Crippen molar-refractivity contribution in [2.24, 2.45) is 0 Å². The zero-order valence-corrected chi connectivity index (χ0v) is 20.8. The van der Waals surface area contributed by atoms with Crippen molar-refractivity contribution >= 4 is 27.9 Å². The van der Waals surface area contributed by atoms with Gasteiger partial charge in [-0.15, -0.1) is 0 Å². The summed E-state index contributed by atoms with van der Waals surface area (Å²) in [7, 11) is 1.86. The van der Waals surface area contributed by atoms with Crippen molar-refractivity contribution in [1.82, 2.24) is 4.98 Å². The number of hydrogen-bond donors (Lipinski definition) is 2. The SMILES string of the molecule is C=C(c1ccc(Cc2sc(NC)nc2N)cc1)c1cc2c(cc1C)C(C)(C)C=CC2(C)C. The number of nitrogens with one attached hydrogen (secondary N) is 1. The lowest BCUT2D eigenvalue weighted by Crippen LogP contribution is -2.29. The summed E-state index contributed by atoms with van der Waals surface area (Å²) < 4.78 is 0. The van der Waals surface area contributed by atoms with E-state index >= 15 is 0 Å². The Morgan fingerprint density at radius 2 is 1.62 bits per heavy atom. The van der Waals surface area contributed by atoms with Gasteiger partial charge in [-0.2, -0.15) is 0 Å². The number of fused-ring (bicyclic) bond motifs is 1. The molecule has 1 aliphatic carbocycles. The molecule has 0 amide bonds. The molecule has 0 saturated heterocycles. The molecule has 1 heterocycles. The van der Waals surface area contributed by atoms with E-state index in [9.17, 15) is 0 Å². The summed E-state index contributed by atoms with van der Waals surface area (Å²) in [6.45, 7) is 15.8. The summed E-state index contributed by atoms with van der Waals surface area (Å²) in [6.07, 6.45) is 5.47. The van der Waals surface area contributed by atoms with Crippen molar-refractivity contribution < 1.29 is 0 Å². The maximum Gasteiger partial charge on any atom is 0.184 e. The standard InChI is InChI=1S/C28H33N3S/c1-17-14-22-23(28(5,6)13-12-27(22,3)4)16-21(17)18(2)20-10-8-19(9-11-20)15-24-25(29)31-26(30-7)32-24/h8-14,16H,2,15,29H2,1,3-7H3,(H,30,31). The van der Waals surface area contributed by atoms with E-state index in [-0.39, 0.29) is 10.8 Å². The van der Waals surface area contributed by atoms with Crippen LogP contribution in [0.5, 0.6) is 0 Å². The van der Waals surface area contributed by atoms with Crippen LogP contribution in [0.15, 0.2) is 55.1 Å². The number of hydrogen-bond acceptors (Lipinski definition) is 4. The maximum atomic E-state index is 6.07. The maximum absolute atomic E-state index is 6.07.